The Labute approximate surface area is 122 Å². The number of hydrogen-bond donors (Lipinski definition) is 1. The first-order chi connectivity index (χ1) is 8.78. The lowest BCUT2D eigenvalue weighted by Crippen LogP contribution is -2.42. The van der Waals surface area contributed by atoms with Gasteiger partial charge in [-0.1, -0.05) is 0 Å². The van der Waals surface area contributed by atoms with Crippen molar-refractivity contribution in [1.82, 2.24) is 4.90 Å². The van der Waals surface area contributed by atoms with Crippen molar-refractivity contribution in [1.29, 1.82) is 0 Å². The normalized spacial score (nSPS) is 11.3. The monoisotopic (exact) mass is 329 g/mol. The number of methoxy groups -OCH3 is 1. The number of benzene rings is 1. The summed E-state index contributed by atoms with van der Waals surface area (Å²) in [5.74, 6) is 0.577. The van der Waals surface area contributed by atoms with Crippen molar-refractivity contribution < 1.29 is 14.6 Å². The van der Waals surface area contributed by atoms with Gasteiger partial charge in [0, 0.05) is 17.6 Å². The molecule has 0 fully saturated rings. The summed E-state index contributed by atoms with van der Waals surface area (Å²) >= 11 is 3.38. The lowest BCUT2D eigenvalue weighted by molar-refractivity contribution is 0.0314. The van der Waals surface area contributed by atoms with E-state index in [2.05, 4.69) is 15.9 Å². The molecule has 1 N–H and O–H groups in total. The van der Waals surface area contributed by atoms with Crippen LogP contribution in [0, 0.1) is 0 Å². The van der Waals surface area contributed by atoms with Crippen molar-refractivity contribution in [3.8, 4) is 5.75 Å². The zero-order chi connectivity index (χ0) is 14.6. The molecule has 4 nitrogen and oxygen atoms in total. The van der Waals surface area contributed by atoms with Crippen LogP contribution in [0.15, 0.2) is 22.7 Å². The second kappa shape index (κ2) is 6.39. The van der Waals surface area contributed by atoms with Gasteiger partial charge < -0.3 is 14.7 Å². The predicted octanol–water partition coefficient (Wildman–Crippen LogP) is 2.69. The lowest BCUT2D eigenvalue weighted by atomic mass is 10.1. The summed E-state index contributed by atoms with van der Waals surface area (Å²) in [4.78, 5) is 14.0. The van der Waals surface area contributed by atoms with E-state index in [0.717, 1.165) is 0 Å². The molecule has 5 heteroatoms. The number of hydrogen-bond acceptors (Lipinski definition) is 3. The highest BCUT2D eigenvalue weighted by Crippen LogP contribution is 2.24. The van der Waals surface area contributed by atoms with Crippen LogP contribution >= 0.6 is 15.9 Å². The Balaban J connectivity index is 2.98. The summed E-state index contributed by atoms with van der Waals surface area (Å²) < 4.78 is 5.79. The van der Waals surface area contributed by atoms with Gasteiger partial charge in [-0.25, -0.2) is 0 Å². The van der Waals surface area contributed by atoms with Gasteiger partial charge >= 0.3 is 0 Å². The molecule has 0 bridgehead atoms. The van der Waals surface area contributed by atoms with Gasteiger partial charge in [0.1, 0.15) is 5.75 Å². The van der Waals surface area contributed by atoms with Crippen molar-refractivity contribution >= 4 is 21.8 Å². The van der Waals surface area contributed by atoms with E-state index in [0.29, 0.717) is 28.9 Å². The van der Waals surface area contributed by atoms with E-state index in [1.165, 1.54) is 0 Å². The minimum atomic E-state index is -0.912. The van der Waals surface area contributed by atoms with Gasteiger partial charge in [-0.2, -0.15) is 0 Å². The molecule has 1 rings (SSSR count). The Morgan fingerprint density at radius 1 is 1.47 bits per heavy atom. The van der Waals surface area contributed by atoms with Crippen LogP contribution in [0.5, 0.6) is 5.75 Å². The number of amides is 1. The standard InChI is InChI=1S/C14H20BrNO3/c1-5-16(9-14(2,3)18)13(17)11-7-6-10(19-4)8-12(11)15/h6-8,18H,5,9H2,1-4H3. The molecule has 1 amide bonds. The molecule has 0 radical (unpaired) electrons. The fraction of sp³-hybridized carbons (Fsp3) is 0.500. The largest absolute Gasteiger partial charge is 0.497 e. The van der Waals surface area contributed by atoms with Gasteiger partial charge in [-0.3, -0.25) is 4.79 Å². The predicted molar refractivity (Wildman–Crippen MR) is 78.6 cm³/mol. The molecule has 0 unspecified atom stereocenters. The van der Waals surface area contributed by atoms with Gasteiger partial charge in [-0.15, -0.1) is 0 Å². The minimum absolute atomic E-state index is 0.112. The Hall–Kier alpha value is -1.07. The molecular weight excluding hydrogens is 310 g/mol. The Kier molecular flexibility index (Phi) is 5.38. The molecule has 106 valence electrons. The number of carbonyl (C=O) groups excluding carboxylic acids is 1. The molecule has 0 spiro atoms. The summed E-state index contributed by atoms with van der Waals surface area (Å²) in [6.45, 7) is 6.10. The molecule has 0 aromatic heterocycles. The molecule has 1 aromatic carbocycles. The highest BCUT2D eigenvalue weighted by molar-refractivity contribution is 9.10. The Bertz CT molecular complexity index is 454. The number of rotatable bonds is 5. The number of carbonyl (C=O) groups is 1. The highest BCUT2D eigenvalue weighted by Gasteiger charge is 2.23. The van der Waals surface area contributed by atoms with Gasteiger partial charge in [0.2, 0.25) is 0 Å². The lowest BCUT2D eigenvalue weighted by Gasteiger charge is -2.28. The number of ether oxygens (including phenoxy) is 1. The maximum Gasteiger partial charge on any atom is 0.255 e. The van der Waals surface area contributed by atoms with Gasteiger partial charge in [-0.05, 0) is 54.9 Å². The first-order valence-corrected chi connectivity index (χ1v) is 6.93. The maximum absolute atomic E-state index is 12.4. The topological polar surface area (TPSA) is 49.8 Å². The third kappa shape index (κ3) is 4.51. The van der Waals surface area contributed by atoms with E-state index in [-0.39, 0.29) is 5.91 Å². The van der Waals surface area contributed by atoms with Crippen LogP contribution in [0.2, 0.25) is 0 Å². The Morgan fingerprint density at radius 3 is 2.53 bits per heavy atom. The Morgan fingerprint density at radius 2 is 2.11 bits per heavy atom. The van der Waals surface area contributed by atoms with Crippen LogP contribution in [0.4, 0.5) is 0 Å². The van der Waals surface area contributed by atoms with E-state index in [9.17, 15) is 9.90 Å². The van der Waals surface area contributed by atoms with Crippen LogP contribution < -0.4 is 4.74 Å². The van der Waals surface area contributed by atoms with Crippen LogP contribution in [0.3, 0.4) is 0 Å². The smallest absolute Gasteiger partial charge is 0.255 e. The zero-order valence-corrected chi connectivity index (χ0v) is 13.3. The molecular formula is C14H20BrNO3. The number of halogens is 1. The second-order valence-electron chi connectivity index (χ2n) is 4.98. The summed E-state index contributed by atoms with van der Waals surface area (Å²) in [5.41, 5.74) is -0.350. The molecule has 19 heavy (non-hydrogen) atoms. The summed E-state index contributed by atoms with van der Waals surface area (Å²) in [6.07, 6.45) is 0. The second-order valence-corrected chi connectivity index (χ2v) is 5.83. The molecule has 0 aliphatic rings. The molecule has 0 saturated heterocycles. The van der Waals surface area contributed by atoms with Crippen LogP contribution in [-0.4, -0.2) is 41.7 Å². The van der Waals surface area contributed by atoms with Crippen molar-refractivity contribution in [2.24, 2.45) is 0 Å². The van der Waals surface area contributed by atoms with Gasteiger partial charge in [0.25, 0.3) is 5.91 Å². The summed E-state index contributed by atoms with van der Waals surface area (Å²) in [6, 6.07) is 5.22. The van der Waals surface area contributed by atoms with Gasteiger partial charge in [0.05, 0.1) is 18.3 Å². The highest BCUT2D eigenvalue weighted by atomic mass is 79.9. The van der Waals surface area contributed by atoms with Crippen molar-refractivity contribution in [2.75, 3.05) is 20.2 Å². The van der Waals surface area contributed by atoms with E-state index >= 15 is 0 Å². The van der Waals surface area contributed by atoms with E-state index in [1.54, 1.807) is 44.1 Å². The average Bonchev–Trinajstić information content (AvgIpc) is 2.33. The third-order valence-electron chi connectivity index (χ3n) is 2.65. The van der Waals surface area contributed by atoms with Crippen LogP contribution in [-0.2, 0) is 0 Å². The first kappa shape index (κ1) is 16.0. The molecule has 0 heterocycles. The molecule has 0 aliphatic heterocycles. The van der Waals surface area contributed by atoms with E-state index in [4.69, 9.17) is 4.74 Å². The molecule has 1 aromatic rings. The van der Waals surface area contributed by atoms with Crippen molar-refractivity contribution in [3.05, 3.63) is 28.2 Å². The summed E-state index contributed by atoms with van der Waals surface area (Å²) in [5, 5.41) is 9.84. The number of aliphatic hydroxyl groups is 1. The van der Waals surface area contributed by atoms with Crippen molar-refractivity contribution in [2.45, 2.75) is 26.4 Å². The SMILES string of the molecule is CCN(CC(C)(C)O)C(=O)c1ccc(OC)cc1Br. The zero-order valence-electron chi connectivity index (χ0n) is 11.7. The first-order valence-electron chi connectivity index (χ1n) is 6.13. The molecule has 0 aliphatic carbocycles. The third-order valence-corrected chi connectivity index (χ3v) is 3.31. The number of likely N-dealkylation sites (N-methyl/N-ethyl adjacent to an activating group) is 1. The fourth-order valence-electron chi connectivity index (χ4n) is 1.76. The average molecular weight is 330 g/mol. The number of nitrogens with zero attached hydrogens (tertiary/aromatic N) is 1. The minimum Gasteiger partial charge on any atom is -0.497 e. The summed E-state index contributed by atoms with van der Waals surface area (Å²) in [7, 11) is 1.58. The quantitative estimate of drug-likeness (QED) is 0.903. The maximum atomic E-state index is 12.4. The van der Waals surface area contributed by atoms with E-state index in [1.807, 2.05) is 6.92 Å². The van der Waals surface area contributed by atoms with Crippen molar-refractivity contribution in [3.63, 3.8) is 0 Å². The van der Waals surface area contributed by atoms with Gasteiger partial charge in [0.15, 0.2) is 0 Å². The molecule has 0 saturated carbocycles. The van der Waals surface area contributed by atoms with Crippen LogP contribution in [0.25, 0.3) is 0 Å². The van der Waals surface area contributed by atoms with Crippen LogP contribution in [0.1, 0.15) is 31.1 Å². The molecule has 0 atom stereocenters. The fourth-order valence-corrected chi connectivity index (χ4v) is 2.29. The van der Waals surface area contributed by atoms with E-state index < -0.39 is 5.60 Å².